The highest BCUT2D eigenvalue weighted by molar-refractivity contribution is 5.61. The molecule has 0 aliphatic heterocycles. The van der Waals surface area contributed by atoms with E-state index >= 15 is 0 Å². The third-order valence-electron chi connectivity index (χ3n) is 3.92. The van der Waals surface area contributed by atoms with E-state index in [0.717, 1.165) is 11.3 Å². The van der Waals surface area contributed by atoms with E-state index in [1.807, 2.05) is 55.5 Å². The van der Waals surface area contributed by atoms with Crippen molar-refractivity contribution in [2.75, 3.05) is 11.1 Å². The Bertz CT molecular complexity index is 964. The van der Waals surface area contributed by atoms with Crippen molar-refractivity contribution in [3.05, 3.63) is 86.8 Å². The SMILES string of the molecule is CC(Nc1c(N)n(Cc2ccccc2)c(=O)[nH]c1=O)c1ccccn1. The van der Waals surface area contributed by atoms with Crippen LogP contribution in [0.2, 0.25) is 0 Å². The Morgan fingerprint density at radius 3 is 2.56 bits per heavy atom. The fraction of sp³-hybridized carbons (Fsp3) is 0.167. The van der Waals surface area contributed by atoms with Gasteiger partial charge in [0.1, 0.15) is 11.5 Å². The van der Waals surface area contributed by atoms with Crippen molar-refractivity contribution < 1.29 is 0 Å². The van der Waals surface area contributed by atoms with E-state index < -0.39 is 11.2 Å². The Kier molecular flexibility index (Phi) is 4.65. The molecule has 0 aliphatic carbocycles. The molecule has 0 saturated heterocycles. The van der Waals surface area contributed by atoms with E-state index in [1.54, 1.807) is 6.20 Å². The lowest BCUT2D eigenvalue weighted by Crippen LogP contribution is -2.34. The van der Waals surface area contributed by atoms with Crippen LogP contribution in [-0.4, -0.2) is 14.5 Å². The molecule has 1 unspecified atom stereocenters. The zero-order valence-electron chi connectivity index (χ0n) is 13.8. The second-order valence-electron chi connectivity index (χ2n) is 5.71. The van der Waals surface area contributed by atoms with Gasteiger partial charge in [0, 0.05) is 6.20 Å². The zero-order chi connectivity index (χ0) is 17.8. The molecule has 3 rings (SSSR count). The number of anilines is 2. The van der Waals surface area contributed by atoms with Gasteiger partial charge in [0.2, 0.25) is 0 Å². The number of nitrogens with zero attached hydrogens (tertiary/aromatic N) is 2. The number of H-pyrrole nitrogens is 1. The number of nitrogen functional groups attached to an aromatic ring is 1. The average molecular weight is 337 g/mol. The molecule has 0 radical (unpaired) electrons. The average Bonchev–Trinajstić information content (AvgIpc) is 2.63. The predicted molar refractivity (Wildman–Crippen MR) is 97.6 cm³/mol. The van der Waals surface area contributed by atoms with E-state index in [0.29, 0.717) is 0 Å². The first kappa shape index (κ1) is 16.5. The van der Waals surface area contributed by atoms with Crippen LogP contribution in [0.3, 0.4) is 0 Å². The van der Waals surface area contributed by atoms with Crippen LogP contribution in [0.5, 0.6) is 0 Å². The fourth-order valence-electron chi connectivity index (χ4n) is 2.57. The quantitative estimate of drug-likeness (QED) is 0.657. The molecule has 3 aromatic rings. The Labute approximate surface area is 144 Å². The van der Waals surface area contributed by atoms with E-state index in [1.165, 1.54) is 4.57 Å². The molecular weight excluding hydrogens is 318 g/mol. The second kappa shape index (κ2) is 7.04. The van der Waals surface area contributed by atoms with Gasteiger partial charge in [0.05, 0.1) is 18.3 Å². The van der Waals surface area contributed by atoms with Crippen LogP contribution in [0, 0.1) is 0 Å². The van der Waals surface area contributed by atoms with Crippen molar-refractivity contribution >= 4 is 11.5 Å². The number of pyridine rings is 1. The molecule has 1 aromatic carbocycles. The van der Waals surface area contributed by atoms with Gasteiger partial charge < -0.3 is 11.1 Å². The number of aromatic nitrogens is 3. The molecule has 0 amide bonds. The molecule has 0 fully saturated rings. The smallest absolute Gasteiger partial charge is 0.330 e. The first-order valence-electron chi connectivity index (χ1n) is 7.90. The minimum atomic E-state index is -0.547. The van der Waals surface area contributed by atoms with E-state index in [4.69, 9.17) is 5.73 Å². The van der Waals surface area contributed by atoms with Crippen LogP contribution >= 0.6 is 0 Å². The topological polar surface area (TPSA) is 106 Å². The van der Waals surface area contributed by atoms with Gasteiger partial charge in [-0.25, -0.2) is 4.79 Å². The number of rotatable bonds is 5. The van der Waals surface area contributed by atoms with Crippen molar-refractivity contribution in [1.82, 2.24) is 14.5 Å². The Morgan fingerprint density at radius 2 is 1.88 bits per heavy atom. The molecule has 1 atom stereocenters. The standard InChI is InChI=1S/C18H19N5O2/c1-12(14-9-5-6-10-20-14)21-15-16(19)23(18(25)22-17(15)24)11-13-7-3-2-4-8-13/h2-10,12,21H,11,19H2,1H3,(H,22,24,25). The summed E-state index contributed by atoms with van der Waals surface area (Å²) in [6, 6.07) is 14.7. The first-order chi connectivity index (χ1) is 12.1. The number of aromatic amines is 1. The number of hydrogen-bond acceptors (Lipinski definition) is 5. The van der Waals surface area contributed by atoms with Crippen molar-refractivity contribution in [2.45, 2.75) is 19.5 Å². The third-order valence-corrected chi connectivity index (χ3v) is 3.92. The van der Waals surface area contributed by atoms with Gasteiger partial charge in [0.25, 0.3) is 5.56 Å². The van der Waals surface area contributed by atoms with Crippen LogP contribution in [0.1, 0.15) is 24.2 Å². The minimum Gasteiger partial charge on any atom is -0.383 e. The number of hydrogen-bond donors (Lipinski definition) is 3. The summed E-state index contributed by atoms with van der Waals surface area (Å²) in [6.45, 7) is 2.14. The highest BCUT2D eigenvalue weighted by Crippen LogP contribution is 2.19. The van der Waals surface area contributed by atoms with Crippen molar-refractivity contribution in [3.8, 4) is 0 Å². The maximum absolute atomic E-state index is 12.2. The number of nitrogens with two attached hydrogens (primary N) is 1. The second-order valence-corrected chi connectivity index (χ2v) is 5.71. The molecule has 0 aliphatic rings. The molecule has 0 spiro atoms. The summed E-state index contributed by atoms with van der Waals surface area (Å²) in [5, 5.41) is 3.06. The monoisotopic (exact) mass is 337 g/mol. The van der Waals surface area contributed by atoms with Gasteiger partial charge >= 0.3 is 5.69 Å². The highest BCUT2D eigenvalue weighted by Gasteiger charge is 2.16. The van der Waals surface area contributed by atoms with Crippen LogP contribution < -0.4 is 22.3 Å². The fourth-order valence-corrected chi connectivity index (χ4v) is 2.57. The minimum absolute atomic E-state index is 0.0976. The molecule has 128 valence electrons. The normalized spacial score (nSPS) is 11.9. The lowest BCUT2D eigenvalue weighted by Gasteiger charge is -2.18. The molecular formula is C18H19N5O2. The molecule has 0 bridgehead atoms. The first-order valence-corrected chi connectivity index (χ1v) is 7.90. The maximum Gasteiger partial charge on any atom is 0.330 e. The Morgan fingerprint density at radius 1 is 1.16 bits per heavy atom. The van der Waals surface area contributed by atoms with Crippen molar-refractivity contribution in [2.24, 2.45) is 0 Å². The van der Waals surface area contributed by atoms with Gasteiger partial charge in [-0.15, -0.1) is 0 Å². The molecule has 4 N–H and O–H groups in total. The molecule has 25 heavy (non-hydrogen) atoms. The summed E-state index contributed by atoms with van der Waals surface area (Å²) in [5.41, 5.74) is 6.87. The Hall–Kier alpha value is -3.35. The van der Waals surface area contributed by atoms with E-state index in [9.17, 15) is 9.59 Å². The highest BCUT2D eigenvalue weighted by atomic mass is 16.2. The molecule has 0 saturated carbocycles. The summed E-state index contributed by atoms with van der Waals surface area (Å²) in [7, 11) is 0. The van der Waals surface area contributed by atoms with Crippen molar-refractivity contribution in [1.29, 1.82) is 0 Å². The van der Waals surface area contributed by atoms with Gasteiger partial charge in [-0.05, 0) is 24.6 Å². The van der Waals surface area contributed by atoms with Gasteiger partial charge in [0.15, 0.2) is 0 Å². The molecule has 7 nitrogen and oxygen atoms in total. The summed E-state index contributed by atoms with van der Waals surface area (Å²) in [4.78, 5) is 30.9. The van der Waals surface area contributed by atoms with E-state index in [-0.39, 0.29) is 24.1 Å². The summed E-state index contributed by atoms with van der Waals surface area (Å²) in [5.74, 6) is 0.0976. The van der Waals surface area contributed by atoms with Gasteiger partial charge in [-0.3, -0.25) is 19.3 Å². The van der Waals surface area contributed by atoms with E-state index in [2.05, 4.69) is 15.3 Å². The maximum atomic E-state index is 12.2. The zero-order valence-corrected chi connectivity index (χ0v) is 13.8. The molecule has 2 heterocycles. The number of nitrogens with one attached hydrogen (secondary N) is 2. The van der Waals surface area contributed by atoms with Crippen molar-refractivity contribution in [3.63, 3.8) is 0 Å². The van der Waals surface area contributed by atoms with Crippen LogP contribution in [0.15, 0.2) is 64.3 Å². The third kappa shape index (κ3) is 3.60. The number of benzene rings is 1. The van der Waals surface area contributed by atoms with Crippen LogP contribution in [-0.2, 0) is 6.54 Å². The molecule has 7 heteroatoms. The lowest BCUT2D eigenvalue weighted by atomic mass is 10.2. The predicted octanol–water partition coefficient (Wildman–Crippen LogP) is 1.74. The lowest BCUT2D eigenvalue weighted by molar-refractivity contribution is 0.728. The summed E-state index contributed by atoms with van der Waals surface area (Å²) in [6.07, 6.45) is 1.68. The van der Waals surface area contributed by atoms with Gasteiger partial charge in [-0.2, -0.15) is 0 Å². The Balaban J connectivity index is 1.96. The summed E-state index contributed by atoms with van der Waals surface area (Å²) >= 11 is 0. The van der Waals surface area contributed by atoms with Gasteiger partial charge in [-0.1, -0.05) is 36.4 Å². The van der Waals surface area contributed by atoms with Crippen LogP contribution in [0.4, 0.5) is 11.5 Å². The largest absolute Gasteiger partial charge is 0.383 e. The van der Waals surface area contributed by atoms with Crippen LogP contribution in [0.25, 0.3) is 0 Å². The molecule has 2 aromatic heterocycles. The summed E-state index contributed by atoms with van der Waals surface area (Å²) < 4.78 is 1.34.